The predicted octanol–water partition coefficient (Wildman–Crippen LogP) is 3.18. The molecule has 0 aliphatic rings. The van der Waals surface area contributed by atoms with Gasteiger partial charge in [-0.1, -0.05) is 34.1 Å². The Morgan fingerprint density at radius 3 is 2.46 bits per heavy atom. The fourth-order valence-corrected chi connectivity index (χ4v) is 1.02. The summed E-state index contributed by atoms with van der Waals surface area (Å²) >= 11 is 0. The molecule has 0 radical (unpaired) electrons. The smallest absolute Gasteiger partial charge is 0.109 e. The predicted molar refractivity (Wildman–Crippen MR) is 60.8 cm³/mol. The fourth-order valence-electron chi connectivity index (χ4n) is 1.02. The van der Waals surface area contributed by atoms with Crippen molar-refractivity contribution in [2.75, 3.05) is 6.54 Å². The summed E-state index contributed by atoms with van der Waals surface area (Å²) in [6, 6.07) is 0. The van der Waals surface area contributed by atoms with E-state index in [0.717, 1.165) is 6.54 Å². The Morgan fingerprint density at radius 2 is 1.92 bits per heavy atom. The molecule has 2 heteroatoms. The summed E-state index contributed by atoms with van der Waals surface area (Å²) in [6.45, 7) is 9.56. The third kappa shape index (κ3) is 9.25. The SMILES string of the molecule is CCCC(C)C=NC=NCC(C)C. The third-order valence-corrected chi connectivity index (χ3v) is 1.70. The highest BCUT2D eigenvalue weighted by atomic mass is 14.8. The van der Waals surface area contributed by atoms with Gasteiger partial charge in [-0.25, -0.2) is 4.99 Å². The Morgan fingerprint density at radius 1 is 1.23 bits per heavy atom. The van der Waals surface area contributed by atoms with Crippen LogP contribution in [0.25, 0.3) is 0 Å². The second-order valence-electron chi connectivity index (χ2n) is 3.94. The van der Waals surface area contributed by atoms with E-state index in [0.29, 0.717) is 11.8 Å². The molecule has 0 aromatic heterocycles. The van der Waals surface area contributed by atoms with E-state index in [-0.39, 0.29) is 0 Å². The molecule has 0 aromatic carbocycles. The molecule has 0 spiro atoms. The first-order valence-electron chi connectivity index (χ1n) is 5.18. The molecule has 0 N–H and O–H groups in total. The lowest BCUT2D eigenvalue weighted by atomic mass is 10.1. The summed E-state index contributed by atoms with van der Waals surface area (Å²) in [6.07, 6.45) is 6.08. The van der Waals surface area contributed by atoms with E-state index in [1.807, 2.05) is 6.21 Å². The lowest BCUT2D eigenvalue weighted by Gasteiger charge is -1.99. The van der Waals surface area contributed by atoms with Gasteiger partial charge in [0.1, 0.15) is 6.34 Å². The van der Waals surface area contributed by atoms with E-state index >= 15 is 0 Å². The minimum atomic E-state index is 0.579. The van der Waals surface area contributed by atoms with Gasteiger partial charge in [0.25, 0.3) is 0 Å². The molecule has 0 saturated carbocycles. The van der Waals surface area contributed by atoms with Gasteiger partial charge in [-0.05, 0) is 18.3 Å². The van der Waals surface area contributed by atoms with Crippen LogP contribution in [0.3, 0.4) is 0 Å². The molecule has 0 bridgehead atoms. The van der Waals surface area contributed by atoms with Gasteiger partial charge in [0, 0.05) is 12.8 Å². The summed E-state index contributed by atoms with van der Waals surface area (Å²) in [5, 5.41) is 0. The van der Waals surface area contributed by atoms with E-state index in [9.17, 15) is 0 Å². The maximum absolute atomic E-state index is 4.18. The zero-order valence-corrected chi connectivity index (χ0v) is 9.33. The first-order valence-corrected chi connectivity index (χ1v) is 5.18. The second kappa shape index (κ2) is 7.96. The molecule has 1 unspecified atom stereocenters. The number of rotatable bonds is 6. The van der Waals surface area contributed by atoms with E-state index in [1.165, 1.54) is 12.8 Å². The summed E-state index contributed by atoms with van der Waals surface area (Å²) in [7, 11) is 0. The molecule has 13 heavy (non-hydrogen) atoms. The summed E-state index contributed by atoms with van der Waals surface area (Å²) in [5.41, 5.74) is 0. The van der Waals surface area contributed by atoms with E-state index in [2.05, 4.69) is 37.7 Å². The van der Waals surface area contributed by atoms with Crippen LogP contribution in [-0.2, 0) is 0 Å². The highest BCUT2D eigenvalue weighted by molar-refractivity contribution is 5.73. The highest BCUT2D eigenvalue weighted by Crippen LogP contribution is 2.00. The molecule has 0 heterocycles. The van der Waals surface area contributed by atoms with Crippen LogP contribution in [0.1, 0.15) is 40.5 Å². The van der Waals surface area contributed by atoms with Crippen LogP contribution in [0.5, 0.6) is 0 Å². The lowest BCUT2D eigenvalue weighted by Crippen LogP contribution is -1.95. The summed E-state index contributed by atoms with van der Waals surface area (Å²) < 4.78 is 0. The maximum Gasteiger partial charge on any atom is 0.109 e. The summed E-state index contributed by atoms with van der Waals surface area (Å²) in [4.78, 5) is 8.33. The van der Waals surface area contributed by atoms with Crippen molar-refractivity contribution in [3.05, 3.63) is 0 Å². The zero-order chi connectivity index (χ0) is 10.1. The first kappa shape index (κ1) is 12.3. The van der Waals surface area contributed by atoms with Crippen molar-refractivity contribution in [2.24, 2.45) is 21.8 Å². The van der Waals surface area contributed by atoms with Gasteiger partial charge in [0.05, 0.1) is 0 Å². The monoisotopic (exact) mass is 182 g/mol. The first-order chi connectivity index (χ1) is 6.16. The molecular formula is C11H22N2. The van der Waals surface area contributed by atoms with Crippen molar-refractivity contribution in [3.8, 4) is 0 Å². The number of hydrogen-bond donors (Lipinski definition) is 0. The molecule has 0 amide bonds. The Hall–Kier alpha value is -0.660. The molecule has 1 atom stereocenters. The van der Waals surface area contributed by atoms with Crippen molar-refractivity contribution in [1.82, 2.24) is 0 Å². The molecule has 0 aliphatic carbocycles. The Kier molecular flexibility index (Phi) is 7.56. The average Bonchev–Trinajstić information content (AvgIpc) is 2.03. The second-order valence-corrected chi connectivity index (χ2v) is 3.94. The Labute approximate surface area is 82.2 Å². The molecule has 0 aromatic rings. The maximum atomic E-state index is 4.18. The van der Waals surface area contributed by atoms with E-state index < -0.39 is 0 Å². The minimum Gasteiger partial charge on any atom is -0.273 e. The van der Waals surface area contributed by atoms with Crippen LogP contribution in [0.15, 0.2) is 9.98 Å². The van der Waals surface area contributed by atoms with Crippen molar-refractivity contribution in [2.45, 2.75) is 40.5 Å². The zero-order valence-electron chi connectivity index (χ0n) is 9.33. The quantitative estimate of drug-likeness (QED) is 0.445. The van der Waals surface area contributed by atoms with Gasteiger partial charge in [0.2, 0.25) is 0 Å². The van der Waals surface area contributed by atoms with Crippen LogP contribution in [0.2, 0.25) is 0 Å². The molecule has 76 valence electrons. The molecule has 0 rings (SSSR count). The Bertz CT molecular complexity index is 159. The minimum absolute atomic E-state index is 0.579. The molecule has 0 saturated heterocycles. The number of hydrogen-bond acceptors (Lipinski definition) is 1. The average molecular weight is 182 g/mol. The van der Waals surface area contributed by atoms with Gasteiger partial charge in [0.15, 0.2) is 0 Å². The van der Waals surface area contributed by atoms with Crippen molar-refractivity contribution >= 4 is 12.6 Å². The van der Waals surface area contributed by atoms with Crippen LogP contribution >= 0.6 is 0 Å². The fraction of sp³-hybridized carbons (Fsp3) is 0.818. The van der Waals surface area contributed by atoms with Crippen molar-refractivity contribution in [3.63, 3.8) is 0 Å². The molecular weight excluding hydrogens is 160 g/mol. The van der Waals surface area contributed by atoms with E-state index in [4.69, 9.17) is 0 Å². The molecule has 0 fully saturated rings. The lowest BCUT2D eigenvalue weighted by molar-refractivity contribution is 0.666. The largest absolute Gasteiger partial charge is 0.273 e. The van der Waals surface area contributed by atoms with Gasteiger partial charge in [-0.3, -0.25) is 4.99 Å². The van der Waals surface area contributed by atoms with Crippen LogP contribution in [0, 0.1) is 11.8 Å². The van der Waals surface area contributed by atoms with Gasteiger partial charge in [-0.2, -0.15) is 0 Å². The van der Waals surface area contributed by atoms with Crippen LogP contribution in [0.4, 0.5) is 0 Å². The standard InChI is InChI=1S/C11H22N2/c1-5-6-11(4)8-13-9-12-7-10(2)3/h8-11H,5-7H2,1-4H3. The van der Waals surface area contributed by atoms with Gasteiger partial charge < -0.3 is 0 Å². The highest BCUT2D eigenvalue weighted by Gasteiger charge is 1.93. The van der Waals surface area contributed by atoms with Gasteiger partial charge >= 0.3 is 0 Å². The van der Waals surface area contributed by atoms with Crippen molar-refractivity contribution in [1.29, 1.82) is 0 Å². The van der Waals surface area contributed by atoms with Gasteiger partial charge in [-0.15, -0.1) is 0 Å². The molecule has 0 aliphatic heterocycles. The number of aliphatic imine (C=N–C) groups is 2. The molecule has 2 nitrogen and oxygen atoms in total. The summed E-state index contributed by atoms with van der Waals surface area (Å²) in [5.74, 6) is 1.20. The van der Waals surface area contributed by atoms with E-state index in [1.54, 1.807) is 6.34 Å². The van der Waals surface area contributed by atoms with Crippen LogP contribution in [-0.4, -0.2) is 19.1 Å². The number of nitrogens with zero attached hydrogens (tertiary/aromatic N) is 2. The third-order valence-electron chi connectivity index (χ3n) is 1.70. The Balaban J connectivity index is 3.55. The van der Waals surface area contributed by atoms with Crippen molar-refractivity contribution < 1.29 is 0 Å². The topological polar surface area (TPSA) is 24.7 Å². The normalized spacial score (nSPS) is 14.8. The van der Waals surface area contributed by atoms with Crippen LogP contribution < -0.4 is 0 Å².